The molecular weight excluding hydrogens is 244 g/mol. The molecule has 1 unspecified atom stereocenters. The Labute approximate surface area is 113 Å². The van der Waals surface area contributed by atoms with Gasteiger partial charge in [0.25, 0.3) is 5.91 Å². The molecule has 1 atom stereocenters. The second-order valence-corrected chi connectivity index (χ2v) is 4.58. The van der Waals surface area contributed by atoms with E-state index in [1.54, 1.807) is 13.2 Å². The number of nitrogens with zero attached hydrogens (tertiary/aromatic N) is 3. The van der Waals surface area contributed by atoms with Gasteiger partial charge >= 0.3 is 0 Å². The summed E-state index contributed by atoms with van der Waals surface area (Å²) in [6.07, 6.45) is 2.41. The van der Waals surface area contributed by atoms with Gasteiger partial charge < -0.3 is 15.0 Å². The molecule has 1 aliphatic rings. The largest absolute Gasteiger partial charge is 0.380 e. The first-order valence-corrected chi connectivity index (χ1v) is 6.64. The van der Waals surface area contributed by atoms with Gasteiger partial charge in [-0.25, -0.2) is 0 Å². The highest BCUT2D eigenvalue weighted by molar-refractivity contribution is 5.92. The van der Waals surface area contributed by atoms with Gasteiger partial charge in [0.05, 0.1) is 6.10 Å². The molecule has 0 saturated carbocycles. The van der Waals surface area contributed by atoms with Crippen molar-refractivity contribution in [2.75, 3.05) is 31.6 Å². The number of piperidine rings is 1. The maximum atomic E-state index is 11.6. The lowest BCUT2D eigenvalue weighted by atomic mass is 10.1. The molecule has 1 N–H and O–H groups in total. The van der Waals surface area contributed by atoms with E-state index in [1.165, 1.54) is 0 Å². The Balaban J connectivity index is 2.03. The molecule has 0 spiro atoms. The van der Waals surface area contributed by atoms with Crippen molar-refractivity contribution in [3.63, 3.8) is 0 Å². The Morgan fingerprint density at radius 3 is 3.00 bits per heavy atom. The first kappa shape index (κ1) is 13.7. The van der Waals surface area contributed by atoms with Gasteiger partial charge in [0, 0.05) is 26.7 Å². The normalized spacial score (nSPS) is 19.3. The molecule has 6 heteroatoms. The van der Waals surface area contributed by atoms with Crippen LogP contribution < -0.4 is 10.2 Å². The lowest BCUT2D eigenvalue weighted by Gasteiger charge is -2.32. The fourth-order valence-electron chi connectivity index (χ4n) is 2.20. The Morgan fingerprint density at radius 2 is 2.37 bits per heavy atom. The molecule has 1 aromatic heterocycles. The summed E-state index contributed by atoms with van der Waals surface area (Å²) in [7, 11) is 1.73. The SMILES string of the molecule is CCNC(=O)c1ccc(N2CCCC(OC)C2)nn1. The van der Waals surface area contributed by atoms with Crippen LogP contribution in [0.2, 0.25) is 0 Å². The van der Waals surface area contributed by atoms with Gasteiger partial charge in [-0.05, 0) is 31.9 Å². The van der Waals surface area contributed by atoms with E-state index < -0.39 is 0 Å². The van der Waals surface area contributed by atoms with E-state index in [0.29, 0.717) is 12.2 Å². The van der Waals surface area contributed by atoms with Crippen LogP contribution in [-0.2, 0) is 4.74 Å². The minimum absolute atomic E-state index is 0.185. The molecule has 1 amide bonds. The van der Waals surface area contributed by atoms with E-state index >= 15 is 0 Å². The van der Waals surface area contributed by atoms with Gasteiger partial charge in [-0.2, -0.15) is 0 Å². The van der Waals surface area contributed by atoms with Crippen LogP contribution in [0.25, 0.3) is 0 Å². The summed E-state index contributed by atoms with van der Waals surface area (Å²) in [5, 5.41) is 10.8. The number of carbonyl (C=O) groups excluding carboxylic acids is 1. The summed E-state index contributed by atoms with van der Waals surface area (Å²) in [5.41, 5.74) is 0.353. The van der Waals surface area contributed by atoms with Crippen molar-refractivity contribution < 1.29 is 9.53 Å². The topological polar surface area (TPSA) is 67.4 Å². The molecule has 1 fully saturated rings. The third-order valence-electron chi connectivity index (χ3n) is 3.26. The molecule has 0 aliphatic carbocycles. The number of methoxy groups -OCH3 is 1. The third-order valence-corrected chi connectivity index (χ3v) is 3.26. The summed E-state index contributed by atoms with van der Waals surface area (Å²) >= 11 is 0. The van der Waals surface area contributed by atoms with Crippen LogP contribution in [0.3, 0.4) is 0 Å². The summed E-state index contributed by atoms with van der Waals surface area (Å²) in [4.78, 5) is 13.7. The van der Waals surface area contributed by atoms with Gasteiger partial charge in [0.15, 0.2) is 11.5 Å². The molecule has 2 heterocycles. The number of anilines is 1. The molecule has 0 aromatic carbocycles. The van der Waals surface area contributed by atoms with Crippen molar-refractivity contribution in [1.82, 2.24) is 15.5 Å². The Morgan fingerprint density at radius 1 is 1.53 bits per heavy atom. The van der Waals surface area contributed by atoms with E-state index in [0.717, 1.165) is 31.7 Å². The van der Waals surface area contributed by atoms with E-state index in [4.69, 9.17) is 4.74 Å². The molecule has 1 aliphatic heterocycles. The zero-order valence-corrected chi connectivity index (χ0v) is 11.4. The van der Waals surface area contributed by atoms with E-state index in [-0.39, 0.29) is 12.0 Å². The highest BCUT2D eigenvalue weighted by Crippen LogP contribution is 2.18. The van der Waals surface area contributed by atoms with E-state index in [9.17, 15) is 4.79 Å². The Hall–Kier alpha value is -1.69. The van der Waals surface area contributed by atoms with Crippen molar-refractivity contribution in [2.45, 2.75) is 25.9 Å². The first-order valence-electron chi connectivity index (χ1n) is 6.64. The molecule has 1 aromatic rings. The molecule has 19 heavy (non-hydrogen) atoms. The Bertz CT molecular complexity index is 421. The van der Waals surface area contributed by atoms with Crippen molar-refractivity contribution in [1.29, 1.82) is 0 Å². The van der Waals surface area contributed by atoms with Crippen LogP contribution >= 0.6 is 0 Å². The number of carbonyl (C=O) groups is 1. The molecule has 0 radical (unpaired) electrons. The second-order valence-electron chi connectivity index (χ2n) is 4.58. The van der Waals surface area contributed by atoms with Gasteiger partial charge in [0.1, 0.15) is 0 Å². The fraction of sp³-hybridized carbons (Fsp3) is 0.615. The van der Waals surface area contributed by atoms with Crippen LogP contribution in [0, 0.1) is 0 Å². The van der Waals surface area contributed by atoms with Gasteiger partial charge in [-0.3, -0.25) is 4.79 Å². The number of hydrogen-bond acceptors (Lipinski definition) is 5. The smallest absolute Gasteiger partial charge is 0.271 e. The van der Waals surface area contributed by atoms with E-state index in [1.807, 2.05) is 13.0 Å². The van der Waals surface area contributed by atoms with Gasteiger partial charge in [0.2, 0.25) is 0 Å². The van der Waals surface area contributed by atoms with Crippen LogP contribution in [0.4, 0.5) is 5.82 Å². The average molecular weight is 264 g/mol. The second kappa shape index (κ2) is 6.47. The molecule has 2 rings (SSSR count). The summed E-state index contributed by atoms with van der Waals surface area (Å²) < 4.78 is 5.38. The average Bonchev–Trinajstić information content (AvgIpc) is 2.48. The quantitative estimate of drug-likeness (QED) is 0.873. The molecular formula is C13H20N4O2. The molecule has 0 bridgehead atoms. The Kier molecular flexibility index (Phi) is 4.68. The fourth-order valence-corrected chi connectivity index (χ4v) is 2.20. The van der Waals surface area contributed by atoms with Crippen LogP contribution in [-0.4, -0.2) is 49.0 Å². The number of ether oxygens (including phenoxy) is 1. The van der Waals surface area contributed by atoms with Crippen molar-refractivity contribution >= 4 is 11.7 Å². The minimum Gasteiger partial charge on any atom is -0.380 e. The standard InChI is InChI=1S/C13H20N4O2/c1-3-14-13(18)11-6-7-12(16-15-11)17-8-4-5-10(9-17)19-2/h6-7,10H,3-5,8-9H2,1-2H3,(H,14,18). The van der Waals surface area contributed by atoms with Gasteiger partial charge in [-0.15, -0.1) is 10.2 Å². The molecule has 104 valence electrons. The maximum Gasteiger partial charge on any atom is 0.271 e. The van der Waals surface area contributed by atoms with Crippen LogP contribution in [0.15, 0.2) is 12.1 Å². The number of aromatic nitrogens is 2. The third kappa shape index (κ3) is 3.41. The van der Waals surface area contributed by atoms with Crippen LogP contribution in [0.1, 0.15) is 30.3 Å². The summed E-state index contributed by atoms with van der Waals surface area (Å²) in [6, 6.07) is 3.55. The number of nitrogens with one attached hydrogen (secondary N) is 1. The maximum absolute atomic E-state index is 11.6. The van der Waals surface area contributed by atoms with E-state index in [2.05, 4.69) is 20.4 Å². The zero-order chi connectivity index (χ0) is 13.7. The minimum atomic E-state index is -0.185. The number of hydrogen-bond donors (Lipinski definition) is 1. The van der Waals surface area contributed by atoms with Crippen molar-refractivity contribution in [3.05, 3.63) is 17.8 Å². The monoisotopic (exact) mass is 264 g/mol. The highest BCUT2D eigenvalue weighted by atomic mass is 16.5. The van der Waals surface area contributed by atoms with Crippen LogP contribution in [0.5, 0.6) is 0 Å². The lowest BCUT2D eigenvalue weighted by Crippen LogP contribution is -2.39. The number of rotatable bonds is 4. The van der Waals surface area contributed by atoms with Crippen molar-refractivity contribution in [2.24, 2.45) is 0 Å². The molecule has 1 saturated heterocycles. The summed E-state index contributed by atoms with van der Waals surface area (Å²) in [5.74, 6) is 0.616. The lowest BCUT2D eigenvalue weighted by molar-refractivity contribution is 0.0890. The first-order chi connectivity index (χ1) is 9.24. The zero-order valence-electron chi connectivity index (χ0n) is 11.4. The highest BCUT2D eigenvalue weighted by Gasteiger charge is 2.21. The predicted octanol–water partition coefficient (Wildman–Crippen LogP) is 0.841. The summed E-state index contributed by atoms with van der Waals surface area (Å²) in [6.45, 7) is 4.24. The predicted molar refractivity (Wildman–Crippen MR) is 72.3 cm³/mol. The number of amides is 1. The molecule has 6 nitrogen and oxygen atoms in total. The van der Waals surface area contributed by atoms with Gasteiger partial charge in [-0.1, -0.05) is 0 Å². The van der Waals surface area contributed by atoms with Crippen molar-refractivity contribution in [3.8, 4) is 0 Å².